The van der Waals surface area contributed by atoms with Crippen molar-refractivity contribution in [1.82, 2.24) is 20.1 Å². The number of para-hydroxylation sites is 1. The van der Waals surface area contributed by atoms with E-state index in [1.165, 1.54) is 23.9 Å². The SMILES string of the molecule is COc1ccc(CCNC(=O)C(C)Sc2nnc(-c3ccc(F)cc3)n2-c2ccccc2)cc1. The predicted molar refractivity (Wildman–Crippen MR) is 132 cm³/mol. The van der Waals surface area contributed by atoms with E-state index < -0.39 is 0 Å². The highest BCUT2D eigenvalue weighted by Gasteiger charge is 2.21. The predicted octanol–water partition coefficient (Wildman–Crippen LogP) is 4.92. The topological polar surface area (TPSA) is 69.0 Å². The van der Waals surface area contributed by atoms with Crippen molar-refractivity contribution >= 4 is 17.7 Å². The smallest absolute Gasteiger partial charge is 0.233 e. The molecule has 0 saturated carbocycles. The molecule has 8 heteroatoms. The summed E-state index contributed by atoms with van der Waals surface area (Å²) in [5.74, 6) is 0.995. The number of thioether (sulfide) groups is 1. The van der Waals surface area contributed by atoms with Crippen LogP contribution in [0, 0.1) is 5.82 Å². The average molecular weight is 477 g/mol. The van der Waals surface area contributed by atoms with Gasteiger partial charge in [-0.2, -0.15) is 0 Å². The van der Waals surface area contributed by atoms with Gasteiger partial charge in [-0.1, -0.05) is 42.1 Å². The molecule has 1 heterocycles. The first-order valence-corrected chi connectivity index (χ1v) is 11.8. The summed E-state index contributed by atoms with van der Waals surface area (Å²) in [5, 5.41) is 11.9. The van der Waals surface area contributed by atoms with E-state index >= 15 is 0 Å². The second-order valence-corrected chi connectivity index (χ2v) is 8.94. The van der Waals surface area contributed by atoms with E-state index in [-0.39, 0.29) is 17.0 Å². The highest BCUT2D eigenvalue weighted by atomic mass is 32.2. The summed E-state index contributed by atoms with van der Waals surface area (Å²) in [7, 11) is 1.63. The van der Waals surface area contributed by atoms with E-state index in [1.807, 2.05) is 66.1 Å². The zero-order chi connectivity index (χ0) is 23.9. The van der Waals surface area contributed by atoms with Gasteiger partial charge in [0.15, 0.2) is 11.0 Å². The zero-order valence-corrected chi connectivity index (χ0v) is 19.8. The van der Waals surface area contributed by atoms with Crippen molar-refractivity contribution in [1.29, 1.82) is 0 Å². The van der Waals surface area contributed by atoms with E-state index in [0.29, 0.717) is 17.5 Å². The number of hydrogen-bond donors (Lipinski definition) is 1. The van der Waals surface area contributed by atoms with Gasteiger partial charge < -0.3 is 10.1 Å². The van der Waals surface area contributed by atoms with Crippen molar-refractivity contribution in [3.05, 3.63) is 90.2 Å². The van der Waals surface area contributed by atoms with Gasteiger partial charge >= 0.3 is 0 Å². The minimum atomic E-state index is -0.386. The van der Waals surface area contributed by atoms with E-state index in [9.17, 15) is 9.18 Å². The number of amides is 1. The lowest BCUT2D eigenvalue weighted by atomic mass is 10.1. The van der Waals surface area contributed by atoms with Crippen LogP contribution in [0.3, 0.4) is 0 Å². The van der Waals surface area contributed by atoms with Gasteiger partial charge in [0.05, 0.1) is 12.4 Å². The number of halogens is 1. The van der Waals surface area contributed by atoms with Crippen molar-refractivity contribution in [3.8, 4) is 22.8 Å². The lowest BCUT2D eigenvalue weighted by molar-refractivity contribution is -0.120. The third-order valence-electron chi connectivity index (χ3n) is 5.27. The fourth-order valence-electron chi connectivity index (χ4n) is 3.42. The molecule has 4 aromatic rings. The number of hydrogen-bond acceptors (Lipinski definition) is 5. The van der Waals surface area contributed by atoms with Crippen LogP contribution in [0.5, 0.6) is 5.75 Å². The number of aromatic nitrogens is 3. The highest BCUT2D eigenvalue weighted by Crippen LogP contribution is 2.30. The Hall–Kier alpha value is -3.65. The Labute approximate surface area is 202 Å². The Bertz CT molecular complexity index is 1230. The maximum atomic E-state index is 13.4. The summed E-state index contributed by atoms with van der Waals surface area (Å²) in [6, 6.07) is 23.6. The monoisotopic (exact) mass is 476 g/mol. The Morgan fingerprint density at radius 2 is 1.74 bits per heavy atom. The molecule has 1 unspecified atom stereocenters. The van der Waals surface area contributed by atoms with Crippen LogP contribution in [-0.4, -0.2) is 39.6 Å². The largest absolute Gasteiger partial charge is 0.497 e. The number of nitrogens with zero attached hydrogens (tertiary/aromatic N) is 3. The maximum Gasteiger partial charge on any atom is 0.233 e. The number of rotatable bonds is 9. The number of ether oxygens (including phenoxy) is 1. The molecule has 0 radical (unpaired) electrons. The van der Waals surface area contributed by atoms with Crippen molar-refractivity contribution in [2.24, 2.45) is 0 Å². The van der Waals surface area contributed by atoms with Crippen LogP contribution in [0.1, 0.15) is 12.5 Å². The molecule has 6 nitrogen and oxygen atoms in total. The maximum absolute atomic E-state index is 13.4. The Balaban J connectivity index is 1.46. The molecule has 0 spiro atoms. The van der Waals surface area contributed by atoms with Crippen LogP contribution >= 0.6 is 11.8 Å². The van der Waals surface area contributed by atoms with E-state index in [4.69, 9.17) is 4.74 Å². The normalized spacial score (nSPS) is 11.7. The van der Waals surface area contributed by atoms with Gasteiger partial charge in [-0.05, 0) is 67.4 Å². The fourth-order valence-corrected chi connectivity index (χ4v) is 4.31. The lowest BCUT2D eigenvalue weighted by Crippen LogP contribution is -2.32. The molecule has 1 N–H and O–H groups in total. The van der Waals surface area contributed by atoms with Gasteiger partial charge in [-0.3, -0.25) is 9.36 Å². The molecule has 4 rings (SSSR count). The van der Waals surface area contributed by atoms with Crippen LogP contribution in [0.15, 0.2) is 84.0 Å². The van der Waals surface area contributed by atoms with E-state index in [0.717, 1.165) is 29.0 Å². The molecule has 0 aliphatic heterocycles. The molecule has 1 aromatic heterocycles. The molecule has 34 heavy (non-hydrogen) atoms. The number of carbonyl (C=O) groups excluding carboxylic acids is 1. The van der Waals surface area contributed by atoms with Gasteiger partial charge in [-0.15, -0.1) is 10.2 Å². The minimum Gasteiger partial charge on any atom is -0.497 e. The summed E-state index contributed by atoms with van der Waals surface area (Å²) in [4.78, 5) is 12.7. The molecule has 0 aliphatic rings. The van der Waals surface area contributed by atoms with Crippen LogP contribution in [0.4, 0.5) is 4.39 Å². The third kappa shape index (κ3) is 5.63. The summed E-state index contributed by atoms with van der Waals surface area (Å²) < 4.78 is 20.5. The molecule has 0 aliphatic carbocycles. The fraction of sp³-hybridized carbons (Fsp3) is 0.192. The molecular weight excluding hydrogens is 451 g/mol. The first-order valence-electron chi connectivity index (χ1n) is 10.9. The lowest BCUT2D eigenvalue weighted by Gasteiger charge is -2.14. The third-order valence-corrected chi connectivity index (χ3v) is 6.32. The standard InChI is InChI=1S/C26H25FN4O2S/c1-18(25(32)28-17-16-19-8-14-23(33-2)15-9-19)34-26-30-29-24(20-10-12-21(27)13-11-20)31(26)22-6-4-3-5-7-22/h3-15,18H,16-17H2,1-2H3,(H,28,32). The van der Waals surface area contributed by atoms with Crippen molar-refractivity contribution in [2.75, 3.05) is 13.7 Å². The van der Waals surface area contributed by atoms with E-state index in [2.05, 4.69) is 15.5 Å². The Kier molecular flexibility index (Phi) is 7.59. The quantitative estimate of drug-likeness (QED) is 0.347. The number of benzene rings is 3. The van der Waals surface area contributed by atoms with Gasteiger partial charge in [0.25, 0.3) is 0 Å². The molecule has 0 bridgehead atoms. The van der Waals surface area contributed by atoms with Crippen LogP contribution in [0.25, 0.3) is 17.1 Å². The first-order chi connectivity index (χ1) is 16.5. The van der Waals surface area contributed by atoms with Crippen LogP contribution in [0.2, 0.25) is 0 Å². The average Bonchev–Trinajstić information content (AvgIpc) is 3.28. The molecule has 3 aromatic carbocycles. The molecule has 0 saturated heterocycles. The van der Waals surface area contributed by atoms with Crippen molar-refractivity contribution < 1.29 is 13.9 Å². The molecule has 174 valence electrons. The van der Waals surface area contributed by atoms with E-state index in [1.54, 1.807) is 19.2 Å². The zero-order valence-electron chi connectivity index (χ0n) is 18.9. The van der Waals surface area contributed by atoms with Gasteiger partial charge in [0.1, 0.15) is 11.6 Å². The van der Waals surface area contributed by atoms with Gasteiger partial charge in [0.2, 0.25) is 5.91 Å². The second-order valence-electron chi connectivity index (χ2n) is 7.63. The molecule has 1 amide bonds. The van der Waals surface area contributed by atoms with Crippen LogP contribution < -0.4 is 10.1 Å². The summed E-state index contributed by atoms with van der Waals surface area (Å²) in [6.45, 7) is 2.37. The van der Waals surface area contributed by atoms with Crippen LogP contribution in [-0.2, 0) is 11.2 Å². The molecule has 1 atom stereocenters. The molecular formula is C26H25FN4O2S. The van der Waals surface area contributed by atoms with Gasteiger partial charge in [-0.25, -0.2) is 4.39 Å². The summed E-state index contributed by atoms with van der Waals surface area (Å²) in [6.07, 6.45) is 0.724. The first kappa shape index (κ1) is 23.5. The minimum absolute atomic E-state index is 0.0792. The Morgan fingerprint density at radius 3 is 2.41 bits per heavy atom. The number of methoxy groups -OCH3 is 1. The summed E-state index contributed by atoms with van der Waals surface area (Å²) >= 11 is 1.33. The second kappa shape index (κ2) is 11.0. The number of nitrogens with one attached hydrogen (secondary N) is 1. The molecule has 0 fully saturated rings. The van der Waals surface area contributed by atoms with Crippen molar-refractivity contribution in [2.45, 2.75) is 23.8 Å². The Morgan fingerprint density at radius 1 is 1.03 bits per heavy atom. The van der Waals surface area contributed by atoms with Crippen molar-refractivity contribution in [3.63, 3.8) is 0 Å². The number of carbonyl (C=O) groups is 1. The van der Waals surface area contributed by atoms with Gasteiger partial charge in [0, 0.05) is 17.8 Å². The highest BCUT2D eigenvalue weighted by molar-refractivity contribution is 8.00. The summed E-state index contributed by atoms with van der Waals surface area (Å²) in [5.41, 5.74) is 2.72.